The number of piperidine rings is 1. The Hall–Kier alpha value is -1.46. The number of carboxylic acids is 1. The zero-order valence-electron chi connectivity index (χ0n) is 14.9. The van der Waals surface area contributed by atoms with E-state index in [9.17, 15) is 4.79 Å². The number of nitrogens with zero attached hydrogens (tertiary/aromatic N) is 2. The summed E-state index contributed by atoms with van der Waals surface area (Å²) in [5.41, 5.74) is 2.22. The third-order valence-electron chi connectivity index (χ3n) is 5.32. The van der Waals surface area contributed by atoms with Gasteiger partial charge in [-0.15, -0.1) is 0 Å². The maximum Gasteiger partial charge on any atom is 0.308 e. The van der Waals surface area contributed by atoms with Crippen LogP contribution < -0.4 is 0 Å². The minimum absolute atomic E-state index is 0.0799. The topological polar surface area (TPSA) is 62.7 Å². The molecular weight excluding hydrogens is 304 g/mol. The normalized spacial score (nSPS) is 24.4. The van der Waals surface area contributed by atoms with Gasteiger partial charge in [0.25, 0.3) is 0 Å². The summed E-state index contributed by atoms with van der Waals surface area (Å²) < 4.78 is 5.89. The monoisotopic (exact) mass is 332 g/mol. The highest BCUT2D eigenvalue weighted by Crippen LogP contribution is 2.38. The zero-order valence-corrected chi connectivity index (χ0v) is 14.9. The van der Waals surface area contributed by atoms with Gasteiger partial charge in [-0.3, -0.25) is 14.7 Å². The second-order valence-corrected chi connectivity index (χ2v) is 8.31. The van der Waals surface area contributed by atoms with E-state index >= 15 is 0 Å². The zero-order chi connectivity index (χ0) is 17.4. The van der Waals surface area contributed by atoms with E-state index in [1.165, 1.54) is 5.56 Å². The highest BCUT2D eigenvalue weighted by atomic mass is 16.5. The van der Waals surface area contributed by atoms with Crippen molar-refractivity contribution < 1.29 is 14.6 Å². The van der Waals surface area contributed by atoms with Crippen molar-refractivity contribution >= 4 is 5.97 Å². The van der Waals surface area contributed by atoms with Crippen molar-refractivity contribution in [2.45, 2.75) is 57.6 Å². The van der Waals surface area contributed by atoms with Gasteiger partial charge in [-0.1, -0.05) is 26.8 Å². The highest BCUT2D eigenvalue weighted by molar-refractivity contribution is 5.70. The number of carboxylic acid groups (broad SMARTS) is 1. The summed E-state index contributed by atoms with van der Waals surface area (Å²) in [5, 5.41) is 9.16. The molecule has 0 saturated carbocycles. The van der Waals surface area contributed by atoms with Gasteiger partial charge in [0.2, 0.25) is 0 Å². The van der Waals surface area contributed by atoms with Crippen LogP contribution in [0.25, 0.3) is 0 Å². The third kappa shape index (κ3) is 3.78. The lowest BCUT2D eigenvalue weighted by molar-refractivity contribution is -0.141. The Morgan fingerprint density at radius 1 is 1.38 bits per heavy atom. The summed E-state index contributed by atoms with van der Waals surface area (Å²) in [6, 6.07) is 4.29. The van der Waals surface area contributed by atoms with Crippen molar-refractivity contribution in [1.29, 1.82) is 0 Å². The number of hydrogen-bond acceptors (Lipinski definition) is 4. The summed E-state index contributed by atoms with van der Waals surface area (Å²) >= 11 is 0. The van der Waals surface area contributed by atoms with Crippen LogP contribution in [0.4, 0.5) is 0 Å². The number of ether oxygens (including phenoxy) is 1. The summed E-state index contributed by atoms with van der Waals surface area (Å²) in [4.78, 5) is 18.1. The molecule has 1 atom stereocenters. The predicted octanol–water partition coefficient (Wildman–Crippen LogP) is 2.83. The lowest BCUT2D eigenvalue weighted by Crippen LogP contribution is -2.43. The predicted molar refractivity (Wildman–Crippen MR) is 91.9 cm³/mol. The van der Waals surface area contributed by atoms with Gasteiger partial charge < -0.3 is 9.84 Å². The molecule has 0 amide bonds. The molecule has 1 N–H and O–H groups in total. The van der Waals surface area contributed by atoms with Crippen molar-refractivity contribution in [2.24, 2.45) is 5.92 Å². The van der Waals surface area contributed by atoms with Crippen molar-refractivity contribution in [3.05, 3.63) is 29.6 Å². The number of aromatic nitrogens is 1. The van der Waals surface area contributed by atoms with Crippen LogP contribution in [0.2, 0.25) is 0 Å². The van der Waals surface area contributed by atoms with Crippen molar-refractivity contribution in [3.63, 3.8) is 0 Å². The van der Waals surface area contributed by atoms with Gasteiger partial charge in [0, 0.05) is 36.9 Å². The lowest BCUT2D eigenvalue weighted by Gasteiger charge is -2.38. The number of aliphatic carboxylic acids is 1. The van der Waals surface area contributed by atoms with E-state index in [4.69, 9.17) is 9.84 Å². The van der Waals surface area contributed by atoms with Crippen LogP contribution in [0.1, 0.15) is 51.3 Å². The molecule has 2 aliphatic rings. The number of likely N-dealkylation sites (tertiary alicyclic amines) is 1. The van der Waals surface area contributed by atoms with Crippen LogP contribution >= 0.6 is 0 Å². The quantitative estimate of drug-likeness (QED) is 0.922. The number of hydrogen-bond donors (Lipinski definition) is 1. The van der Waals surface area contributed by atoms with Gasteiger partial charge in [0.15, 0.2) is 0 Å². The summed E-state index contributed by atoms with van der Waals surface area (Å²) in [5.74, 6) is -1.05. The first kappa shape index (κ1) is 17.4. The Labute approximate surface area is 144 Å². The number of carbonyl (C=O) groups is 1. The molecular formula is C19H28N2O3. The van der Waals surface area contributed by atoms with Crippen molar-refractivity contribution in [3.8, 4) is 0 Å². The molecule has 2 fully saturated rings. The van der Waals surface area contributed by atoms with Gasteiger partial charge in [-0.05, 0) is 30.9 Å². The molecule has 132 valence electrons. The van der Waals surface area contributed by atoms with Gasteiger partial charge >= 0.3 is 5.97 Å². The average Bonchev–Trinajstić information content (AvgIpc) is 2.94. The molecule has 2 saturated heterocycles. The first-order valence-electron chi connectivity index (χ1n) is 8.82. The molecule has 3 heterocycles. The molecule has 0 bridgehead atoms. The number of rotatable bonds is 3. The molecule has 3 rings (SSSR count). The van der Waals surface area contributed by atoms with Gasteiger partial charge in [-0.25, -0.2) is 0 Å². The molecule has 1 aromatic rings. The van der Waals surface area contributed by atoms with Crippen LogP contribution in [0.15, 0.2) is 18.3 Å². The first-order chi connectivity index (χ1) is 11.3. The standard InChI is InChI=1S/C19H28N2O3/c1-18(2,3)16-5-4-14(11-20-16)12-21-8-6-19(7-9-21)10-15(13-24-19)17(22)23/h4-5,11,15H,6-10,12-13H2,1-3H3,(H,22,23). The molecule has 24 heavy (non-hydrogen) atoms. The Kier molecular flexibility index (Phi) is 4.67. The van der Waals surface area contributed by atoms with E-state index in [1.54, 1.807) is 0 Å². The minimum atomic E-state index is -0.723. The molecule has 5 nitrogen and oxygen atoms in total. The largest absolute Gasteiger partial charge is 0.481 e. The molecule has 0 aliphatic carbocycles. The average molecular weight is 332 g/mol. The van der Waals surface area contributed by atoms with Crippen LogP contribution in [0, 0.1) is 5.92 Å². The van der Waals surface area contributed by atoms with Crippen molar-refractivity contribution in [2.75, 3.05) is 19.7 Å². The summed E-state index contributed by atoms with van der Waals surface area (Å²) in [6.45, 7) is 9.69. The Bertz CT molecular complexity index is 584. The highest BCUT2D eigenvalue weighted by Gasteiger charge is 2.44. The maximum atomic E-state index is 11.1. The van der Waals surface area contributed by atoms with E-state index in [0.29, 0.717) is 13.0 Å². The molecule has 1 spiro atoms. The van der Waals surface area contributed by atoms with E-state index in [-0.39, 0.29) is 16.9 Å². The van der Waals surface area contributed by atoms with Crippen LogP contribution in [0.5, 0.6) is 0 Å². The van der Waals surface area contributed by atoms with Crippen LogP contribution in [-0.2, 0) is 21.5 Å². The number of pyridine rings is 1. The molecule has 2 aliphatic heterocycles. The van der Waals surface area contributed by atoms with E-state index in [0.717, 1.165) is 38.2 Å². The van der Waals surface area contributed by atoms with Gasteiger partial charge in [-0.2, -0.15) is 0 Å². The molecule has 0 aromatic carbocycles. The van der Waals surface area contributed by atoms with Crippen LogP contribution in [0.3, 0.4) is 0 Å². The molecule has 5 heteroatoms. The van der Waals surface area contributed by atoms with E-state index in [2.05, 4.69) is 42.8 Å². The Balaban J connectivity index is 1.53. The van der Waals surface area contributed by atoms with E-state index in [1.807, 2.05) is 6.20 Å². The van der Waals surface area contributed by atoms with Crippen LogP contribution in [-0.4, -0.2) is 46.3 Å². The smallest absolute Gasteiger partial charge is 0.308 e. The minimum Gasteiger partial charge on any atom is -0.481 e. The third-order valence-corrected chi connectivity index (χ3v) is 5.32. The Morgan fingerprint density at radius 3 is 2.58 bits per heavy atom. The fraction of sp³-hybridized carbons (Fsp3) is 0.684. The summed E-state index contributed by atoms with van der Waals surface area (Å²) in [6.07, 6.45) is 4.49. The second kappa shape index (κ2) is 6.45. The van der Waals surface area contributed by atoms with Crippen molar-refractivity contribution in [1.82, 2.24) is 9.88 Å². The maximum absolute atomic E-state index is 11.1. The fourth-order valence-electron chi connectivity index (χ4n) is 3.69. The first-order valence-corrected chi connectivity index (χ1v) is 8.82. The Morgan fingerprint density at radius 2 is 2.08 bits per heavy atom. The molecule has 1 unspecified atom stereocenters. The fourth-order valence-corrected chi connectivity index (χ4v) is 3.69. The van der Waals surface area contributed by atoms with Gasteiger partial charge in [0.05, 0.1) is 18.1 Å². The van der Waals surface area contributed by atoms with Gasteiger partial charge in [0.1, 0.15) is 0 Å². The SMILES string of the molecule is CC(C)(C)c1ccc(CN2CCC3(CC2)CC(C(=O)O)CO3)cn1. The molecule has 1 aromatic heterocycles. The molecule has 0 radical (unpaired) electrons. The summed E-state index contributed by atoms with van der Waals surface area (Å²) in [7, 11) is 0. The lowest BCUT2D eigenvalue weighted by atomic mass is 9.85. The second-order valence-electron chi connectivity index (χ2n) is 8.31. The van der Waals surface area contributed by atoms with E-state index < -0.39 is 5.97 Å².